The van der Waals surface area contributed by atoms with Crippen molar-refractivity contribution in [2.75, 3.05) is 33.3 Å². The molecule has 0 aliphatic rings. The summed E-state index contributed by atoms with van der Waals surface area (Å²) in [7, 11) is 2.11. The first-order valence-electron chi connectivity index (χ1n) is 5.74. The summed E-state index contributed by atoms with van der Waals surface area (Å²) in [6.07, 6.45) is 0.438. The Bertz CT molecular complexity index is 248. The maximum Gasteiger partial charge on any atom is 0.356 e. The Labute approximate surface area is 97.3 Å². The lowest BCUT2D eigenvalue weighted by Gasteiger charge is -2.31. The molecule has 0 saturated heterocycles. The van der Waals surface area contributed by atoms with Gasteiger partial charge in [-0.2, -0.15) is 0 Å². The van der Waals surface area contributed by atoms with Gasteiger partial charge in [0, 0.05) is 6.42 Å². The van der Waals surface area contributed by atoms with E-state index in [1.54, 1.807) is 6.92 Å². The fraction of sp³-hybridized carbons (Fsp3) is 0.818. The molecule has 0 heterocycles. The number of rotatable bonds is 7. The van der Waals surface area contributed by atoms with Crippen LogP contribution in [0.2, 0.25) is 0 Å². The molecule has 0 saturated carbocycles. The predicted octanol–water partition coefficient (Wildman–Crippen LogP) is 1.26. The standard InChI is InChI=1S/C11H22N2O3/c1-5-13(4,6-2)9-8-10(12-15)11(14)16-7-3/h5-9H2,1-4H3/p+1. The Balaban J connectivity index is 4.31. The maximum absolute atomic E-state index is 11.3. The third kappa shape index (κ3) is 4.61. The lowest BCUT2D eigenvalue weighted by Crippen LogP contribution is -2.45. The number of quaternary nitrogens is 1. The van der Waals surface area contributed by atoms with Crippen LogP contribution in [0, 0.1) is 0 Å². The van der Waals surface area contributed by atoms with Crippen LogP contribution in [-0.2, 0) is 9.53 Å². The first-order valence-corrected chi connectivity index (χ1v) is 5.74. The van der Waals surface area contributed by atoms with Crippen molar-refractivity contribution >= 4 is 11.7 Å². The van der Waals surface area contributed by atoms with Crippen molar-refractivity contribution in [3.63, 3.8) is 0 Å². The van der Waals surface area contributed by atoms with Crippen LogP contribution in [0.15, 0.2) is 5.16 Å². The minimum absolute atomic E-state index is 0.105. The molecule has 1 N–H and O–H groups in total. The van der Waals surface area contributed by atoms with Gasteiger partial charge >= 0.3 is 5.97 Å². The first-order chi connectivity index (χ1) is 7.52. The van der Waals surface area contributed by atoms with Gasteiger partial charge in [0.1, 0.15) is 0 Å². The van der Waals surface area contributed by atoms with E-state index in [9.17, 15) is 4.79 Å². The molecule has 0 aromatic carbocycles. The molecule has 5 heteroatoms. The number of hydrogen-bond donors (Lipinski definition) is 1. The van der Waals surface area contributed by atoms with E-state index < -0.39 is 5.97 Å². The summed E-state index contributed by atoms with van der Waals surface area (Å²) in [5.74, 6) is -0.524. The Hall–Kier alpha value is -1.10. The Morgan fingerprint density at radius 2 is 1.88 bits per heavy atom. The predicted molar refractivity (Wildman–Crippen MR) is 62.6 cm³/mol. The summed E-state index contributed by atoms with van der Waals surface area (Å²) >= 11 is 0. The summed E-state index contributed by atoms with van der Waals surface area (Å²) in [5, 5.41) is 11.8. The van der Waals surface area contributed by atoms with Gasteiger partial charge in [-0.25, -0.2) is 4.79 Å². The highest BCUT2D eigenvalue weighted by atomic mass is 16.5. The maximum atomic E-state index is 11.3. The molecule has 5 nitrogen and oxygen atoms in total. The van der Waals surface area contributed by atoms with Crippen molar-refractivity contribution in [3.05, 3.63) is 0 Å². The van der Waals surface area contributed by atoms with Gasteiger partial charge in [0.2, 0.25) is 0 Å². The molecule has 0 amide bonds. The van der Waals surface area contributed by atoms with Gasteiger partial charge in [0.15, 0.2) is 5.71 Å². The highest BCUT2D eigenvalue weighted by Gasteiger charge is 2.21. The van der Waals surface area contributed by atoms with Gasteiger partial charge in [-0.15, -0.1) is 0 Å². The molecule has 0 rings (SSSR count). The lowest BCUT2D eigenvalue weighted by molar-refractivity contribution is -0.905. The number of ether oxygens (including phenoxy) is 1. The van der Waals surface area contributed by atoms with E-state index >= 15 is 0 Å². The molecule has 0 spiro atoms. The summed E-state index contributed by atoms with van der Waals surface area (Å²) in [4.78, 5) is 11.3. The van der Waals surface area contributed by atoms with Gasteiger partial charge in [-0.05, 0) is 20.8 Å². The van der Waals surface area contributed by atoms with Crippen molar-refractivity contribution in [3.8, 4) is 0 Å². The zero-order valence-corrected chi connectivity index (χ0v) is 10.7. The molecule has 0 atom stereocenters. The third-order valence-electron chi connectivity index (χ3n) is 3.05. The van der Waals surface area contributed by atoms with Gasteiger partial charge in [-0.1, -0.05) is 5.16 Å². The molecule has 0 unspecified atom stereocenters. The normalized spacial score (nSPS) is 12.6. The van der Waals surface area contributed by atoms with E-state index in [-0.39, 0.29) is 5.71 Å². The van der Waals surface area contributed by atoms with E-state index in [4.69, 9.17) is 9.94 Å². The number of carbonyl (C=O) groups is 1. The molecule has 94 valence electrons. The largest absolute Gasteiger partial charge is 0.461 e. The second-order valence-electron chi connectivity index (χ2n) is 3.99. The minimum Gasteiger partial charge on any atom is -0.461 e. The van der Waals surface area contributed by atoms with Crippen molar-refractivity contribution in [1.29, 1.82) is 0 Å². The van der Waals surface area contributed by atoms with E-state index in [0.717, 1.165) is 24.1 Å². The highest BCUT2D eigenvalue weighted by molar-refractivity contribution is 6.36. The number of esters is 1. The molecule has 0 radical (unpaired) electrons. The summed E-state index contributed by atoms with van der Waals surface area (Å²) < 4.78 is 5.64. The fourth-order valence-corrected chi connectivity index (χ4v) is 1.32. The van der Waals surface area contributed by atoms with E-state index in [2.05, 4.69) is 26.1 Å². The number of oxime groups is 1. The first kappa shape index (κ1) is 14.9. The van der Waals surface area contributed by atoms with Gasteiger partial charge in [-0.3, -0.25) is 0 Å². The molecular weight excluding hydrogens is 208 g/mol. The average molecular weight is 231 g/mol. The number of carbonyl (C=O) groups excluding carboxylic acids is 1. The van der Waals surface area contributed by atoms with Gasteiger partial charge in [0.25, 0.3) is 0 Å². The molecule has 0 fully saturated rings. The smallest absolute Gasteiger partial charge is 0.356 e. The second kappa shape index (κ2) is 7.22. The third-order valence-corrected chi connectivity index (χ3v) is 3.05. The SMILES string of the molecule is CCOC(=O)/C(CC[N+](C)(CC)CC)=N/O. The Morgan fingerprint density at radius 3 is 2.25 bits per heavy atom. The van der Waals surface area contributed by atoms with Crippen LogP contribution in [0.25, 0.3) is 0 Å². The van der Waals surface area contributed by atoms with Crippen molar-refractivity contribution in [2.24, 2.45) is 5.16 Å². The molecular formula is C11H23N2O3+. The zero-order valence-electron chi connectivity index (χ0n) is 10.7. The molecule has 0 bridgehead atoms. The van der Waals surface area contributed by atoms with Crippen LogP contribution in [0.4, 0.5) is 0 Å². The van der Waals surface area contributed by atoms with Crippen molar-refractivity contribution in [2.45, 2.75) is 27.2 Å². The number of hydrogen-bond acceptors (Lipinski definition) is 4. The molecule has 0 aromatic heterocycles. The van der Waals surface area contributed by atoms with Crippen LogP contribution in [-0.4, -0.2) is 54.7 Å². The quantitative estimate of drug-likeness (QED) is 0.236. The van der Waals surface area contributed by atoms with Gasteiger partial charge in [0.05, 0.1) is 33.3 Å². The lowest BCUT2D eigenvalue weighted by atomic mass is 10.2. The summed E-state index contributed by atoms with van der Waals surface area (Å²) in [5.41, 5.74) is 0.105. The number of nitrogens with zero attached hydrogens (tertiary/aromatic N) is 2. The summed E-state index contributed by atoms with van der Waals surface area (Å²) in [6.45, 7) is 8.96. The van der Waals surface area contributed by atoms with Crippen LogP contribution < -0.4 is 0 Å². The molecule has 16 heavy (non-hydrogen) atoms. The van der Waals surface area contributed by atoms with Crippen LogP contribution in [0.5, 0.6) is 0 Å². The highest BCUT2D eigenvalue weighted by Crippen LogP contribution is 2.04. The Morgan fingerprint density at radius 1 is 1.31 bits per heavy atom. The molecule has 0 aromatic rings. The second-order valence-corrected chi connectivity index (χ2v) is 3.99. The van der Waals surface area contributed by atoms with Crippen LogP contribution >= 0.6 is 0 Å². The van der Waals surface area contributed by atoms with E-state index in [1.807, 2.05) is 0 Å². The Kier molecular flexibility index (Phi) is 6.72. The monoisotopic (exact) mass is 231 g/mol. The van der Waals surface area contributed by atoms with E-state index in [0.29, 0.717) is 13.0 Å². The molecule has 0 aliphatic heterocycles. The molecule has 0 aliphatic carbocycles. The topological polar surface area (TPSA) is 58.9 Å². The van der Waals surface area contributed by atoms with Crippen molar-refractivity contribution in [1.82, 2.24) is 0 Å². The van der Waals surface area contributed by atoms with Crippen molar-refractivity contribution < 1.29 is 19.2 Å². The average Bonchev–Trinajstić information content (AvgIpc) is 2.30. The van der Waals surface area contributed by atoms with Crippen LogP contribution in [0.3, 0.4) is 0 Å². The fourth-order valence-electron chi connectivity index (χ4n) is 1.32. The van der Waals surface area contributed by atoms with E-state index in [1.165, 1.54) is 0 Å². The zero-order chi connectivity index (χ0) is 12.6. The summed E-state index contributed by atoms with van der Waals surface area (Å²) in [6, 6.07) is 0. The minimum atomic E-state index is -0.524. The van der Waals surface area contributed by atoms with Crippen LogP contribution in [0.1, 0.15) is 27.2 Å². The van der Waals surface area contributed by atoms with Gasteiger partial charge < -0.3 is 14.4 Å².